The second-order valence-electron chi connectivity index (χ2n) is 4.72. The van der Waals surface area contributed by atoms with Crippen molar-refractivity contribution in [1.29, 1.82) is 0 Å². The van der Waals surface area contributed by atoms with E-state index in [9.17, 15) is 10.1 Å². The summed E-state index contributed by atoms with van der Waals surface area (Å²) in [5.74, 6) is 1.02. The topological polar surface area (TPSA) is 75.8 Å². The maximum atomic E-state index is 11.1. The van der Waals surface area contributed by atoms with Gasteiger partial charge in [-0.3, -0.25) is 10.1 Å². The van der Waals surface area contributed by atoms with Crippen LogP contribution in [0.4, 0.5) is 11.4 Å². The van der Waals surface area contributed by atoms with E-state index in [1.807, 2.05) is 4.90 Å². The third kappa shape index (κ3) is 2.96. The second-order valence-corrected chi connectivity index (χ2v) is 4.72. The molecule has 1 aliphatic heterocycles. The van der Waals surface area contributed by atoms with Crippen molar-refractivity contribution in [1.82, 2.24) is 0 Å². The molecule has 1 aromatic carbocycles. The van der Waals surface area contributed by atoms with Gasteiger partial charge in [-0.25, -0.2) is 0 Å². The fraction of sp³-hybridized carbons (Fsp3) is 0.538. The Kier molecular flexibility index (Phi) is 4.21. The molecule has 0 aliphatic carbocycles. The number of benzene rings is 1. The largest absolute Gasteiger partial charge is 0.497 e. The predicted octanol–water partition coefficient (Wildman–Crippen LogP) is 1.81. The zero-order chi connectivity index (χ0) is 13.8. The zero-order valence-electron chi connectivity index (χ0n) is 10.9. The first-order valence-electron chi connectivity index (χ1n) is 6.34. The van der Waals surface area contributed by atoms with E-state index >= 15 is 0 Å². The minimum Gasteiger partial charge on any atom is -0.497 e. The molecule has 1 N–H and O–H groups in total. The summed E-state index contributed by atoms with van der Waals surface area (Å²) >= 11 is 0. The summed E-state index contributed by atoms with van der Waals surface area (Å²) in [6.07, 6.45) is 1.70. The molecule has 1 fully saturated rings. The van der Waals surface area contributed by atoms with Crippen LogP contribution < -0.4 is 9.64 Å². The quantitative estimate of drug-likeness (QED) is 0.649. The summed E-state index contributed by atoms with van der Waals surface area (Å²) in [7, 11) is 1.55. The van der Waals surface area contributed by atoms with E-state index < -0.39 is 0 Å². The number of aliphatic hydroxyl groups excluding tert-OH is 1. The lowest BCUT2D eigenvalue weighted by Gasteiger charge is -2.19. The van der Waals surface area contributed by atoms with Crippen molar-refractivity contribution in [2.75, 3.05) is 31.7 Å². The molecular formula is C13H18N2O4. The predicted molar refractivity (Wildman–Crippen MR) is 71.7 cm³/mol. The number of hydrogen-bond acceptors (Lipinski definition) is 5. The monoisotopic (exact) mass is 266 g/mol. The Morgan fingerprint density at radius 1 is 1.58 bits per heavy atom. The van der Waals surface area contributed by atoms with Gasteiger partial charge >= 0.3 is 0 Å². The molecule has 0 aromatic heterocycles. The van der Waals surface area contributed by atoms with Crippen molar-refractivity contribution >= 4 is 11.4 Å². The van der Waals surface area contributed by atoms with Gasteiger partial charge in [0.25, 0.3) is 5.69 Å². The van der Waals surface area contributed by atoms with Gasteiger partial charge in [0.1, 0.15) is 11.4 Å². The SMILES string of the molecule is COc1ccc([N+](=O)[O-])c(N2CCC(CCO)C2)c1. The molecule has 6 heteroatoms. The smallest absolute Gasteiger partial charge is 0.292 e. The number of rotatable bonds is 5. The Morgan fingerprint density at radius 2 is 2.37 bits per heavy atom. The molecule has 0 spiro atoms. The summed E-state index contributed by atoms with van der Waals surface area (Å²) in [6, 6.07) is 4.79. The Balaban J connectivity index is 2.25. The highest BCUT2D eigenvalue weighted by Gasteiger charge is 2.27. The van der Waals surface area contributed by atoms with Gasteiger partial charge in [-0.05, 0) is 24.8 Å². The number of nitro groups is 1. The van der Waals surface area contributed by atoms with Crippen molar-refractivity contribution in [3.8, 4) is 5.75 Å². The summed E-state index contributed by atoms with van der Waals surface area (Å²) in [4.78, 5) is 12.7. The van der Waals surface area contributed by atoms with Gasteiger partial charge in [-0.15, -0.1) is 0 Å². The van der Waals surface area contributed by atoms with Gasteiger partial charge in [0.2, 0.25) is 0 Å². The van der Waals surface area contributed by atoms with E-state index in [4.69, 9.17) is 9.84 Å². The molecule has 104 valence electrons. The Morgan fingerprint density at radius 3 is 3.00 bits per heavy atom. The van der Waals surface area contributed by atoms with E-state index in [2.05, 4.69) is 0 Å². The Labute approximate surface area is 111 Å². The fourth-order valence-corrected chi connectivity index (χ4v) is 2.51. The summed E-state index contributed by atoms with van der Waals surface area (Å²) in [6.45, 7) is 1.69. The first-order chi connectivity index (χ1) is 9.15. The van der Waals surface area contributed by atoms with E-state index in [0.717, 1.165) is 25.9 Å². The molecule has 1 saturated heterocycles. The molecule has 0 bridgehead atoms. The summed E-state index contributed by atoms with van der Waals surface area (Å²) < 4.78 is 5.13. The molecule has 0 radical (unpaired) electrons. The molecule has 19 heavy (non-hydrogen) atoms. The highest BCUT2D eigenvalue weighted by atomic mass is 16.6. The normalized spacial score (nSPS) is 18.6. The number of anilines is 1. The highest BCUT2D eigenvalue weighted by Crippen LogP contribution is 2.35. The van der Waals surface area contributed by atoms with Crippen molar-refractivity contribution in [2.45, 2.75) is 12.8 Å². The molecule has 1 unspecified atom stereocenters. The molecule has 1 aliphatic rings. The standard InChI is InChI=1S/C13H18N2O4/c1-19-11-2-3-12(15(17)18)13(8-11)14-6-4-10(9-14)5-7-16/h2-3,8,10,16H,4-7,9H2,1H3. The first-order valence-corrected chi connectivity index (χ1v) is 6.34. The average Bonchev–Trinajstić information content (AvgIpc) is 2.87. The number of aliphatic hydroxyl groups is 1. The van der Waals surface area contributed by atoms with Crippen LogP contribution in [0, 0.1) is 16.0 Å². The molecule has 1 aromatic rings. The van der Waals surface area contributed by atoms with E-state index in [-0.39, 0.29) is 17.2 Å². The van der Waals surface area contributed by atoms with Crippen molar-refractivity contribution < 1.29 is 14.8 Å². The van der Waals surface area contributed by atoms with Crippen molar-refractivity contribution in [3.05, 3.63) is 28.3 Å². The lowest BCUT2D eigenvalue weighted by Crippen LogP contribution is -2.21. The Bertz CT molecular complexity index is 464. The molecule has 0 saturated carbocycles. The maximum absolute atomic E-state index is 11.1. The van der Waals surface area contributed by atoms with Crippen LogP contribution in [0.2, 0.25) is 0 Å². The molecule has 2 rings (SSSR count). The van der Waals surface area contributed by atoms with Crippen molar-refractivity contribution in [2.24, 2.45) is 5.92 Å². The van der Waals surface area contributed by atoms with E-state index in [1.54, 1.807) is 19.2 Å². The van der Waals surface area contributed by atoms with Crippen LogP contribution in [0.3, 0.4) is 0 Å². The number of nitrogens with zero attached hydrogens (tertiary/aromatic N) is 2. The van der Waals surface area contributed by atoms with Crippen molar-refractivity contribution in [3.63, 3.8) is 0 Å². The molecule has 1 atom stereocenters. The van der Waals surface area contributed by atoms with Gasteiger partial charge in [0.05, 0.1) is 12.0 Å². The van der Waals surface area contributed by atoms with Crippen LogP contribution in [-0.2, 0) is 0 Å². The Hall–Kier alpha value is -1.82. The van der Waals surface area contributed by atoms with Crippen LogP contribution in [0.5, 0.6) is 5.75 Å². The van der Waals surface area contributed by atoms with Crippen LogP contribution in [0.25, 0.3) is 0 Å². The lowest BCUT2D eigenvalue weighted by molar-refractivity contribution is -0.384. The summed E-state index contributed by atoms with van der Waals surface area (Å²) in [5.41, 5.74) is 0.704. The third-order valence-electron chi connectivity index (χ3n) is 3.54. The zero-order valence-corrected chi connectivity index (χ0v) is 10.9. The number of nitro benzene ring substituents is 1. The van der Waals surface area contributed by atoms with Gasteiger partial charge < -0.3 is 14.7 Å². The third-order valence-corrected chi connectivity index (χ3v) is 3.54. The van der Waals surface area contributed by atoms with E-state index in [0.29, 0.717) is 17.4 Å². The lowest BCUT2D eigenvalue weighted by atomic mass is 10.1. The van der Waals surface area contributed by atoms with Crippen LogP contribution in [0.1, 0.15) is 12.8 Å². The molecule has 1 heterocycles. The number of hydrogen-bond donors (Lipinski definition) is 1. The van der Waals surface area contributed by atoms with Crippen LogP contribution >= 0.6 is 0 Å². The van der Waals surface area contributed by atoms with Gasteiger partial charge in [0, 0.05) is 31.8 Å². The van der Waals surface area contributed by atoms with E-state index in [1.165, 1.54) is 6.07 Å². The number of methoxy groups -OCH3 is 1. The maximum Gasteiger partial charge on any atom is 0.292 e. The molecule has 6 nitrogen and oxygen atoms in total. The average molecular weight is 266 g/mol. The molecular weight excluding hydrogens is 248 g/mol. The number of ether oxygens (including phenoxy) is 1. The highest BCUT2D eigenvalue weighted by molar-refractivity contribution is 5.66. The second kappa shape index (κ2) is 5.88. The van der Waals surface area contributed by atoms with Crippen LogP contribution in [-0.4, -0.2) is 36.8 Å². The van der Waals surface area contributed by atoms with Crippen LogP contribution in [0.15, 0.2) is 18.2 Å². The minimum absolute atomic E-state index is 0.102. The first kappa shape index (κ1) is 13.6. The van der Waals surface area contributed by atoms with Gasteiger partial charge in [-0.2, -0.15) is 0 Å². The van der Waals surface area contributed by atoms with Gasteiger partial charge in [-0.1, -0.05) is 0 Å². The summed E-state index contributed by atoms with van der Waals surface area (Å²) in [5, 5.41) is 20.0. The fourth-order valence-electron chi connectivity index (χ4n) is 2.51. The molecule has 0 amide bonds. The minimum atomic E-state index is -0.367. The van der Waals surface area contributed by atoms with Gasteiger partial charge in [0.15, 0.2) is 0 Å².